The van der Waals surface area contributed by atoms with E-state index in [0.29, 0.717) is 32.2 Å². The SMILES string of the molecule is CC(=O)N[C@@H](CCCN=C(N)N)C(=O)N[C@H](C(=O)N[C@@H](CCCCN)C(=O)N[C@@H](CCCN=C(N)N)C(N)=O)C(C)C. The first-order chi connectivity index (χ1) is 19.7. The van der Waals surface area contributed by atoms with Crippen molar-refractivity contribution in [1.29, 1.82) is 0 Å². The highest BCUT2D eigenvalue weighted by Crippen LogP contribution is 2.09. The van der Waals surface area contributed by atoms with Gasteiger partial charge in [-0.2, -0.15) is 0 Å². The Morgan fingerprint density at radius 1 is 0.619 bits per heavy atom. The van der Waals surface area contributed by atoms with E-state index in [1.807, 2.05) is 0 Å². The van der Waals surface area contributed by atoms with Crippen LogP contribution in [0, 0.1) is 5.92 Å². The molecule has 17 heteroatoms. The number of guanidine groups is 2. The normalized spacial score (nSPS) is 13.5. The highest BCUT2D eigenvalue weighted by Gasteiger charge is 2.32. The molecule has 0 spiro atoms. The summed E-state index contributed by atoms with van der Waals surface area (Å²) in [6.07, 6.45) is 2.51. The zero-order chi connectivity index (χ0) is 32.2. The van der Waals surface area contributed by atoms with E-state index in [0.717, 1.165) is 0 Å². The Morgan fingerprint density at radius 3 is 1.52 bits per heavy atom. The van der Waals surface area contributed by atoms with Gasteiger partial charge in [-0.25, -0.2) is 0 Å². The summed E-state index contributed by atoms with van der Waals surface area (Å²) in [5.74, 6) is -3.56. The molecule has 0 aromatic carbocycles. The second kappa shape index (κ2) is 20.7. The molecule has 0 saturated heterocycles. The van der Waals surface area contributed by atoms with E-state index in [9.17, 15) is 24.0 Å². The molecule has 0 aliphatic rings. The summed E-state index contributed by atoms with van der Waals surface area (Å²) in [5, 5.41) is 10.5. The van der Waals surface area contributed by atoms with Gasteiger partial charge in [0, 0.05) is 20.0 Å². The Morgan fingerprint density at radius 2 is 1.07 bits per heavy atom. The number of aliphatic imine (C=N–C) groups is 2. The van der Waals surface area contributed by atoms with E-state index in [2.05, 4.69) is 31.3 Å². The van der Waals surface area contributed by atoms with Crippen molar-refractivity contribution in [3.8, 4) is 0 Å². The fourth-order valence-electron chi connectivity index (χ4n) is 3.89. The Bertz CT molecular complexity index is 948. The van der Waals surface area contributed by atoms with Crippen molar-refractivity contribution < 1.29 is 24.0 Å². The molecule has 0 heterocycles. The number of rotatable bonds is 21. The van der Waals surface area contributed by atoms with Crippen LogP contribution in [0.2, 0.25) is 0 Å². The van der Waals surface area contributed by atoms with Gasteiger partial charge in [0.05, 0.1) is 0 Å². The van der Waals surface area contributed by atoms with E-state index in [1.165, 1.54) is 6.92 Å². The lowest BCUT2D eigenvalue weighted by Crippen LogP contribution is -2.59. The predicted octanol–water partition coefficient (Wildman–Crippen LogP) is -3.68. The van der Waals surface area contributed by atoms with Gasteiger partial charge in [0.15, 0.2) is 11.9 Å². The quantitative estimate of drug-likeness (QED) is 0.0350. The number of carbonyl (C=O) groups excluding carboxylic acids is 5. The van der Waals surface area contributed by atoms with Crippen LogP contribution in [-0.4, -0.2) is 85.3 Å². The number of hydrogen-bond donors (Lipinski definition) is 10. The number of primary amides is 1. The van der Waals surface area contributed by atoms with Crippen LogP contribution in [-0.2, 0) is 24.0 Å². The lowest BCUT2D eigenvalue weighted by Gasteiger charge is -2.28. The second-order valence-electron chi connectivity index (χ2n) is 10.2. The summed E-state index contributed by atoms with van der Waals surface area (Å²) < 4.78 is 0. The van der Waals surface area contributed by atoms with Gasteiger partial charge in [-0.05, 0) is 57.4 Å². The minimum absolute atomic E-state index is 0.0924. The maximum atomic E-state index is 13.3. The average Bonchev–Trinajstić information content (AvgIpc) is 2.88. The van der Waals surface area contributed by atoms with Crippen molar-refractivity contribution in [1.82, 2.24) is 21.3 Å². The minimum Gasteiger partial charge on any atom is -0.370 e. The number of nitrogens with one attached hydrogen (secondary N) is 4. The molecule has 0 saturated carbocycles. The van der Waals surface area contributed by atoms with Crippen molar-refractivity contribution in [2.24, 2.45) is 50.3 Å². The maximum absolute atomic E-state index is 13.3. The first-order valence-electron chi connectivity index (χ1n) is 14.0. The van der Waals surface area contributed by atoms with Crippen molar-refractivity contribution in [3.05, 3.63) is 0 Å². The van der Waals surface area contributed by atoms with Crippen LogP contribution in [0.5, 0.6) is 0 Å². The van der Waals surface area contributed by atoms with Gasteiger partial charge in [0.25, 0.3) is 0 Å². The van der Waals surface area contributed by atoms with Crippen LogP contribution in [0.15, 0.2) is 9.98 Å². The number of carbonyl (C=O) groups is 5. The molecule has 17 nitrogen and oxygen atoms in total. The topological polar surface area (TPSA) is 314 Å². The molecule has 0 unspecified atom stereocenters. The molecule has 0 bridgehead atoms. The highest BCUT2D eigenvalue weighted by atomic mass is 16.2. The Kier molecular flexibility index (Phi) is 18.6. The summed E-state index contributed by atoms with van der Waals surface area (Å²) >= 11 is 0. The van der Waals surface area contributed by atoms with E-state index in [1.54, 1.807) is 13.8 Å². The summed E-state index contributed by atoms with van der Waals surface area (Å²) in [5.41, 5.74) is 32.3. The Balaban J connectivity index is 5.63. The number of hydrogen-bond acceptors (Lipinski definition) is 8. The van der Waals surface area contributed by atoms with Crippen LogP contribution >= 0.6 is 0 Å². The third-order valence-corrected chi connectivity index (χ3v) is 6.07. The molecule has 4 atom stereocenters. The monoisotopic (exact) mass is 598 g/mol. The van der Waals surface area contributed by atoms with Crippen molar-refractivity contribution in [2.75, 3.05) is 19.6 Å². The highest BCUT2D eigenvalue weighted by molar-refractivity contribution is 5.95. The van der Waals surface area contributed by atoms with E-state index < -0.39 is 53.7 Å². The lowest BCUT2D eigenvalue weighted by atomic mass is 10.0. The van der Waals surface area contributed by atoms with Gasteiger partial charge in [0.2, 0.25) is 29.5 Å². The van der Waals surface area contributed by atoms with Crippen LogP contribution in [0.1, 0.15) is 65.7 Å². The molecule has 0 aliphatic heterocycles. The van der Waals surface area contributed by atoms with Crippen LogP contribution < -0.4 is 55.7 Å². The molecule has 42 heavy (non-hydrogen) atoms. The molecule has 240 valence electrons. The van der Waals surface area contributed by atoms with Gasteiger partial charge in [-0.15, -0.1) is 0 Å². The minimum atomic E-state index is -1.04. The van der Waals surface area contributed by atoms with Crippen molar-refractivity contribution >= 4 is 41.5 Å². The third kappa shape index (κ3) is 16.8. The van der Waals surface area contributed by atoms with Gasteiger partial charge < -0.3 is 55.7 Å². The predicted molar refractivity (Wildman–Crippen MR) is 160 cm³/mol. The number of nitrogens with two attached hydrogens (primary N) is 6. The van der Waals surface area contributed by atoms with Crippen molar-refractivity contribution in [3.63, 3.8) is 0 Å². The second-order valence-corrected chi connectivity index (χ2v) is 10.2. The molecule has 16 N–H and O–H groups in total. The fraction of sp³-hybridized carbons (Fsp3) is 0.720. The van der Waals surface area contributed by atoms with Gasteiger partial charge in [-0.1, -0.05) is 13.8 Å². The Labute approximate surface area is 246 Å². The average molecular weight is 599 g/mol. The maximum Gasteiger partial charge on any atom is 0.243 e. The van der Waals surface area contributed by atoms with Crippen molar-refractivity contribution in [2.45, 2.75) is 89.9 Å². The zero-order valence-electron chi connectivity index (χ0n) is 24.9. The molecule has 0 aromatic rings. The summed E-state index contributed by atoms with van der Waals surface area (Å²) in [6, 6.07) is -4.03. The molecule has 5 amide bonds. The fourth-order valence-corrected chi connectivity index (χ4v) is 3.89. The smallest absolute Gasteiger partial charge is 0.243 e. The standard InChI is InChI=1S/C25H50N12O5/c1-14(2)19(37-22(41)17(34-15(3)38)10-7-13-33-25(30)31)23(42)36-18(8-4-5-11-26)21(40)35-16(20(27)39)9-6-12-32-24(28)29/h14,16-19H,4-13,26H2,1-3H3,(H2,27,39)(H,34,38)(H,35,40)(H,36,42)(H,37,41)(H4,28,29,32)(H4,30,31,33)/t16-,17-,18-,19-/m0/s1. The molecule has 0 radical (unpaired) electrons. The third-order valence-electron chi connectivity index (χ3n) is 6.07. The molecule has 0 fully saturated rings. The molecule has 0 rings (SSSR count). The largest absolute Gasteiger partial charge is 0.370 e. The Hall–Kier alpha value is -4.15. The lowest BCUT2D eigenvalue weighted by molar-refractivity contribution is -0.135. The summed E-state index contributed by atoms with van der Waals surface area (Å²) in [4.78, 5) is 71.0. The summed E-state index contributed by atoms with van der Waals surface area (Å²) in [7, 11) is 0. The van der Waals surface area contributed by atoms with Gasteiger partial charge in [-0.3, -0.25) is 34.0 Å². The van der Waals surface area contributed by atoms with Crippen LogP contribution in [0.3, 0.4) is 0 Å². The molecular formula is C25H50N12O5. The van der Waals surface area contributed by atoms with Gasteiger partial charge in [0.1, 0.15) is 24.2 Å². The number of unbranched alkanes of at least 4 members (excludes halogenated alkanes) is 1. The van der Waals surface area contributed by atoms with E-state index >= 15 is 0 Å². The van der Waals surface area contributed by atoms with E-state index in [4.69, 9.17) is 34.4 Å². The number of amides is 5. The molecular weight excluding hydrogens is 548 g/mol. The van der Waals surface area contributed by atoms with Crippen LogP contribution in [0.4, 0.5) is 0 Å². The zero-order valence-corrected chi connectivity index (χ0v) is 24.9. The molecule has 0 aliphatic carbocycles. The van der Waals surface area contributed by atoms with Gasteiger partial charge >= 0.3 is 0 Å². The first kappa shape index (κ1) is 37.9. The number of nitrogens with zero attached hydrogens (tertiary/aromatic N) is 2. The van der Waals surface area contributed by atoms with Crippen LogP contribution in [0.25, 0.3) is 0 Å². The van der Waals surface area contributed by atoms with E-state index in [-0.39, 0.29) is 50.2 Å². The summed E-state index contributed by atoms with van der Waals surface area (Å²) in [6.45, 7) is 5.59. The molecule has 0 aromatic heterocycles. The first-order valence-corrected chi connectivity index (χ1v) is 14.0.